The molecular formula is C12H13NO. The van der Waals surface area contributed by atoms with Crippen LogP contribution in [0.1, 0.15) is 5.56 Å². The predicted molar refractivity (Wildman–Crippen MR) is 58.9 cm³/mol. The summed E-state index contributed by atoms with van der Waals surface area (Å²) in [5, 5.41) is 12.9. The maximum Gasteiger partial charge on any atom is 0.0738 e. The van der Waals surface area contributed by atoms with E-state index in [1.807, 2.05) is 37.3 Å². The number of hydrogen-bond acceptors (Lipinski definition) is 2. The standard InChI is InChI=1S/C12H13NO/c1-9-7-8-10-5-3-4-6-11(10)12(9)13(2)14/h3-8,14H,1-2H3. The molecule has 0 aliphatic rings. The van der Waals surface area contributed by atoms with Crippen molar-refractivity contribution >= 4 is 16.5 Å². The van der Waals surface area contributed by atoms with Crippen molar-refractivity contribution in [2.24, 2.45) is 0 Å². The van der Waals surface area contributed by atoms with Crippen molar-refractivity contribution in [1.82, 2.24) is 0 Å². The van der Waals surface area contributed by atoms with Gasteiger partial charge in [-0.05, 0) is 17.9 Å². The highest BCUT2D eigenvalue weighted by Crippen LogP contribution is 2.28. The lowest BCUT2D eigenvalue weighted by molar-refractivity contribution is 0.280. The summed E-state index contributed by atoms with van der Waals surface area (Å²) in [6.45, 7) is 1.99. The minimum absolute atomic E-state index is 0.878. The molecule has 1 N–H and O–H groups in total. The molecule has 2 nitrogen and oxygen atoms in total. The average Bonchev–Trinajstić information content (AvgIpc) is 2.17. The van der Waals surface area contributed by atoms with Crippen molar-refractivity contribution in [1.29, 1.82) is 0 Å². The summed E-state index contributed by atoms with van der Waals surface area (Å²) >= 11 is 0. The van der Waals surface area contributed by atoms with Crippen LogP contribution >= 0.6 is 0 Å². The van der Waals surface area contributed by atoms with E-state index in [9.17, 15) is 5.21 Å². The zero-order valence-corrected chi connectivity index (χ0v) is 8.36. The minimum atomic E-state index is 0.878. The molecule has 0 unspecified atom stereocenters. The van der Waals surface area contributed by atoms with Crippen LogP contribution in [-0.4, -0.2) is 12.3 Å². The van der Waals surface area contributed by atoms with Crippen LogP contribution < -0.4 is 5.06 Å². The molecule has 2 aromatic rings. The number of hydrogen-bond donors (Lipinski definition) is 1. The summed E-state index contributed by atoms with van der Waals surface area (Å²) < 4.78 is 0. The Morgan fingerprint density at radius 3 is 2.50 bits per heavy atom. The number of anilines is 1. The maximum absolute atomic E-state index is 9.54. The first-order valence-corrected chi connectivity index (χ1v) is 4.61. The monoisotopic (exact) mass is 187 g/mol. The largest absolute Gasteiger partial charge is 0.289 e. The summed E-state index contributed by atoms with van der Waals surface area (Å²) in [5.74, 6) is 0. The lowest BCUT2D eigenvalue weighted by Gasteiger charge is -2.16. The molecule has 0 fully saturated rings. The fraction of sp³-hybridized carbons (Fsp3) is 0.167. The van der Waals surface area contributed by atoms with Gasteiger partial charge in [0.25, 0.3) is 0 Å². The molecule has 2 heteroatoms. The topological polar surface area (TPSA) is 23.5 Å². The van der Waals surface area contributed by atoms with Crippen LogP contribution in [0.3, 0.4) is 0 Å². The number of rotatable bonds is 1. The van der Waals surface area contributed by atoms with E-state index in [2.05, 4.69) is 6.07 Å². The Bertz CT molecular complexity index is 463. The summed E-state index contributed by atoms with van der Waals surface area (Å²) in [5.41, 5.74) is 1.96. The molecule has 0 heterocycles. The lowest BCUT2D eigenvalue weighted by Crippen LogP contribution is -2.11. The van der Waals surface area contributed by atoms with Crippen LogP contribution in [0.2, 0.25) is 0 Å². The van der Waals surface area contributed by atoms with E-state index in [1.165, 1.54) is 5.06 Å². The Morgan fingerprint density at radius 1 is 1.07 bits per heavy atom. The fourth-order valence-corrected chi connectivity index (χ4v) is 1.79. The first-order chi connectivity index (χ1) is 6.70. The third kappa shape index (κ3) is 1.34. The van der Waals surface area contributed by atoms with Gasteiger partial charge in [-0.1, -0.05) is 36.4 Å². The van der Waals surface area contributed by atoms with Crippen molar-refractivity contribution in [3.8, 4) is 0 Å². The molecule has 72 valence electrons. The van der Waals surface area contributed by atoms with E-state index in [-0.39, 0.29) is 0 Å². The van der Waals surface area contributed by atoms with E-state index < -0.39 is 0 Å². The molecule has 0 atom stereocenters. The van der Waals surface area contributed by atoms with Gasteiger partial charge in [0.1, 0.15) is 0 Å². The van der Waals surface area contributed by atoms with Crippen molar-refractivity contribution < 1.29 is 5.21 Å². The van der Waals surface area contributed by atoms with Gasteiger partial charge in [0, 0.05) is 12.4 Å². The second kappa shape index (κ2) is 3.31. The SMILES string of the molecule is Cc1ccc2ccccc2c1N(C)O. The second-order valence-corrected chi connectivity index (χ2v) is 3.48. The van der Waals surface area contributed by atoms with Gasteiger partial charge in [0.05, 0.1) is 5.69 Å². The Kier molecular flexibility index (Phi) is 2.14. The molecule has 0 bridgehead atoms. The van der Waals surface area contributed by atoms with Crippen molar-refractivity contribution in [3.63, 3.8) is 0 Å². The number of fused-ring (bicyclic) bond motifs is 1. The fourth-order valence-electron chi connectivity index (χ4n) is 1.79. The van der Waals surface area contributed by atoms with E-state index in [0.717, 1.165) is 22.0 Å². The van der Waals surface area contributed by atoms with Crippen molar-refractivity contribution in [2.45, 2.75) is 6.92 Å². The molecule has 0 aliphatic carbocycles. The Hall–Kier alpha value is -1.54. The molecule has 14 heavy (non-hydrogen) atoms. The average molecular weight is 187 g/mol. The number of nitrogens with zero attached hydrogens (tertiary/aromatic N) is 1. The Morgan fingerprint density at radius 2 is 1.79 bits per heavy atom. The van der Waals surface area contributed by atoms with Crippen LogP contribution in [0, 0.1) is 6.92 Å². The quantitative estimate of drug-likeness (QED) is 0.694. The lowest BCUT2D eigenvalue weighted by atomic mass is 10.0. The first-order valence-electron chi connectivity index (χ1n) is 4.61. The molecule has 2 rings (SSSR count). The molecule has 0 aromatic heterocycles. The third-order valence-electron chi connectivity index (χ3n) is 2.43. The van der Waals surface area contributed by atoms with Crippen molar-refractivity contribution in [2.75, 3.05) is 12.1 Å². The maximum atomic E-state index is 9.54. The highest BCUT2D eigenvalue weighted by molar-refractivity contribution is 5.95. The summed E-state index contributed by atoms with van der Waals surface area (Å²) in [4.78, 5) is 0. The Labute approximate surface area is 83.4 Å². The molecule has 0 radical (unpaired) electrons. The van der Waals surface area contributed by atoms with Crippen LogP contribution in [0.25, 0.3) is 10.8 Å². The molecule has 2 aromatic carbocycles. The van der Waals surface area contributed by atoms with Gasteiger partial charge in [-0.2, -0.15) is 0 Å². The summed E-state index contributed by atoms with van der Waals surface area (Å²) in [6.07, 6.45) is 0. The molecular weight excluding hydrogens is 174 g/mol. The smallest absolute Gasteiger partial charge is 0.0738 e. The van der Waals surface area contributed by atoms with E-state index >= 15 is 0 Å². The highest BCUT2D eigenvalue weighted by Gasteiger charge is 2.06. The van der Waals surface area contributed by atoms with Gasteiger partial charge >= 0.3 is 0 Å². The van der Waals surface area contributed by atoms with Crippen molar-refractivity contribution in [3.05, 3.63) is 42.0 Å². The summed E-state index contributed by atoms with van der Waals surface area (Å²) in [7, 11) is 1.65. The molecule has 0 amide bonds. The van der Waals surface area contributed by atoms with Crippen LogP contribution in [0.4, 0.5) is 5.69 Å². The van der Waals surface area contributed by atoms with E-state index in [4.69, 9.17) is 0 Å². The van der Waals surface area contributed by atoms with Crippen LogP contribution in [0.15, 0.2) is 36.4 Å². The van der Waals surface area contributed by atoms with E-state index in [0.29, 0.717) is 0 Å². The molecule has 0 spiro atoms. The number of benzene rings is 2. The molecule has 0 saturated heterocycles. The minimum Gasteiger partial charge on any atom is -0.289 e. The van der Waals surface area contributed by atoms with Gasteiger partial charge in [0.2, 0.25) is 0 Å². The van der Waals surface area contributed by atoms with Crippen LogP contribution in [0.5, 0.6) is 0 Å². The molecule has 0 aliphatic heterocycles. The second-order valence-electron chi connectivity index (χ2n) is 3.48. The third-order valence-corrected chi connectivity index (χ3v) is 2.43. The zero-order chi connectivity index (χ0) is 10.1. The Balaban J connectivity index is 2.83. The normalized spacial score (nSPS) is 10.5. The predicted octanol–water partition coefficient (Wildman–Crippen LogP) is 2.97. The van der Waals surface area contributed by atoms with Gasteiger partial charge < -0.3 is 0 Å². The molecule has 0 saturated carbocycles. The van der Waals surface area contributed by atoms with Gasteiger partial charge in [0.15, 0.2) is 0 Å². The number of aryl methyl sites for hydroxylation is 1. The van der Waals surface area contributed by atoms with Crippen LogP contribution in [-0.2, 0) is 0 Å². The summed E-state index contributed by atoms with van der Waals surface area (Å²) in [6, 6.07) is 12.1. The first kappa shape index (κ1) is 9.03. The zero-order valence-electron chi connectivity index (χ0n) is 8.36. The highest BCUT2D eigenvalue weighted by atomic mass is 16.5. The van der Waals surface area contributed by atoms with Gasteiger partial charge in [-0.25, -0.2) is 0 Å². The van der Waals surface area contributed by atoms with E-state index in [1.54, 1.807) is 7.05 Å². The van der Waals surface area contributed by atoms with Gasteiger partial charge in [-0.3, -0.25) is 10.3 Å². The van der Waals surface area contributed by atoms with Gasteiger partial charge in [-0.15, -0.1) is 0 Å². The number of hydroxylamine groups is 1.